The maximum atomic E-state index is 11.8. The third-order valence-electron chi connectivity index (χ3n) is 2.93. The Morgan fingerprint density at radius 2 is 2.00 bits per heavy atom. The summed E-state index contributed by atoms with van der Waals surface area (Å²) in [7, 11) is 0. The van der Waals surface area contributed by atoms with E-state index < -0.39 is 5.97 Å². The summed E-state index contributed by atoms with van der Waals surface area (Å²) in [6.07, 6.45) is 5.52. The number of nitrogens with one attached hydrogen (secondary N) is 1. The molecule has 1 amide bonds. The zero-order valence-electron chi connectivity index (χ0n) is 9.35. The van der Waals surface area contributed by atoms with E-state index in [4.69, 9.17) is 5.11 Å². The highest BCUT2D eigenvalue weighted by Crippen LogP contribution is 2.17. The predicted octanol–water partition coefficient (Wildman–Crippen LogP) is 1.45. The molecule has 0 aliphatic heterocycles. The number of rotatable bonds is 3. The van der Waals surface area contributed by atoms with Gasteiger partial charge in [-0.2, -0.15) is 0 Å². The first-order chi connectivity index (χ1) is 8.16. The highest BCUT2D eigenvalue weighted by atomic mass is 16.4. The van der Waals surface area contributed by atoms with Gasteiger partial charge >= 0.3 is 5.97 Å². The van der Waals surface area contributed by atoms with Gasteiger partial charge in [0.15, 0.2) is 0 Å². The number of carboxylic acid groups (broad SMARTS) is 1. The number of aromatic carboxylic acids is 1. The summed E-state index contributed by atoms with van der Waals surface area (Å²) in [5.41, 5.74) is 0.351. The van der Waals surface area contributed by atoms with Crippen LogP contribution in [0, 0.1) is 0 Å². The number of hydrogen-bond acceptors (Lipinski definition) is 3. The molecule has 1 aromatic rings. The van der Waals surface area contributed by atoms with Crippen LogP contribution < -0.4 is 5.32 Å². The van der Waals surface area contributed by atoms with Crippen LogP contribution in [0.2, 0.25) is 0 Å². The minimum atomic E-state index is -1.04. The zero-order valence-corrected chi connectivity index (χ0v) is 9.35. The number of aromatic nitrogens is 1. The Labute approximate surface area is 98.9 Å². The topological polar surface area (TPSA) is 79.3 Å². The maximum Gasteiger partial charge on any atom is 0.337 e. The van der Waals surface area contributed by atoms with Gasteiger partial charge in [-0.25, -0.2) is 4.79 Å². The molecule has 0 aromatic carbocycles. The molecule has 1 fully saturated rings. The quantitative estimate of drug-likeness (QED) is 0.829. The predicted molar refractivity (Wildman–Crippen MR) is 60.9 cm³/mol. The fraction of sp³-hybridized carbons (Fsp3) is 0.417. The van der Waals surface area contributed by atoms with Crippen molar-refractivity contribution in [3.63, 3.8) is 0 Å². The molecule has 0 bridgehead atoms. The highest BCUT2D eigenvalue weighted by molar-refractivity contribution is 5.93. The lowest BCUT2D eigenvalue weighted by atomic mass is 10.2. The van der Waals surface area contributed by atoms with E-state index in [0.717, 1.165) is 25.7 Å². The van der Waals surface area contributed by atoms with Gasteiger partial charge in [0.05, 0.1) is 5.56 Å². The van der Waals surface area contributed by atoms with E-state index in [0.29, 0.717) is 0 Å². The van der Waals surface area contributed by atoms with Gasteiger partial charge in [-0.15, -0.1) is 0 Å². The molecule has 0 saturated heterocycles. The second-order valence-corrected chi connectivity index (χ2v) is 4.19. The van der Waals surface area contributed by atoms with Crippen LogP contribution in [-0.2, 0) is 0 Å². The van der Waals surface area contributed by atoms with Crippen LogP contribution in [0.3, 0.4) is 0 Å². The lowest BCUT2D eigenvalue weighted by Gasteiger charge is -2.11. The Kier molecular flexibility index (Phi) is 3.37. The molecule has 2 rings (SSSR count). The summed E-state index contributed by atoms with van der Waals surface area (Å²) in [5.74, 6) is -1.27. The standard InChI is InChI=1S/C12H14N2O3/c15-11(14-9-3-1-2-4-9)10-6-5-8(7-13-10)12(16)17/h5-7,9H,1-4H2,(H,14,15)(H,16,17). The van der Waals surface area contributed by atoms with E-state index in [9.17, 15) is 9.59 Å². The summed E-state index contributed by atoms with van der Waals surface area (Å²) < 4.78 is 0. The summed E-state index contributed by atoms with van der Waals surface area (Å²) in [5, 5.41) is 11.6. The van der Waals surface area contributed by atoms with Gasteiger partial charge in [0.1, 0.15) is 5.69 Å². The van der Waals surface area contributed by atoms with Crippen molar-refractivity contribution in [2.75, 3.05) is 0 Å². The van der Waals surface area contributed by atoms with Crippen molar-refractivity contribution in [2.24, 2.45) is 0 Å². The number of hydrogen-bond donors (Lipinski definition) is 2. The molecule has 1 saturated carbocycles. The SMILES string of the molecule is O=C(O)c1ccc(C(=O)NC2CCCC2)nc1. The molecule has 5 heteroatoms. The van der Waals surface area contributed by atoms with Crippen LogP contribution in [-0.4, -0.2) is 28.0 Å². The van der Waals surface area contributed by atoms with E-state index in [1.807, 2.05) is 0 Å². The molecule has 1 aromatic heterocycles. The fourth-order valence-corrected chi connectivity index (χ4v) is 1.98. The van der Waals surface area contributed by atoms with Gasteiger partial charge in [0.25, 0.3) is 5.91 Å². The molecule has 0 atom stereocenters. The summed E-state index contributed by atoms with van der Waals surface area (Å²) in [6, 6.07) is 3.07. The third-order valence-corrected chi connectivity index (χ3v) is 2.93. The maximum absolute atomic E-state index is 11.8. The molecule has 0 unspecified atom stereocenters. The third kappa shape index (κ3) is 2.81. The minimum absolute atomic E-state index is 0.0856. The first kappa shape index (κ1) is 11.6. The Bertz CT molecular complexity index is 422. The molecule has 90 valence electrons. The number of pyridine rings is 1. The minimum Gasteiger partial charge on any atom is -0.478 e. The van der Waals surface area contributed by atoms with Crippen LogP contribution >= 0.6 is 0 Å². The normalized spacial score (nSPS) is 15.8. The average molecular weight is 234 g/mol. The summed E-state index contributed by atoms with van der Waals surface area (Å²) in [6.45, 7) is 0. The van der Waals surface area contributed by atoms with Crippen molar-refractivity contribution in [3.8, 4) is 0 Å². The van der Waals surface area contributed by atoms with Gasteiger partial charge < -0.3 is 10.4 Å². The van der Waals surface area contributed by atoms with E-state index >= 15 is 0 Å². The second kappa shape index (κ2) is 4.95. The first-order valence-corrected chi connectivity index (χ1v) is 5.67. The Hall–Kier alpha value is -1.91. The molecule has 2 N–H and O–H groups in total. The Morgan fingerprint density at radius 3 is 2.53 bits per heavy atom. The van der Waals surface area contributed by atoms with Gasteiger partial charge in [-0.3, -0.25) is 9.78 Å². The molecule has 1 aliphatic rings. The molecule has 1 aliphatic carbocycles. The van der Waals surface area contributed by atoms with E-state index in [1.54, 1.807) is 0 Å². The van der Waals surface area contributed by atoms with Crippen LogP contribution in [0.15, 0.2) is 18.3 Å². The van der Waals surface area contributed by atoms with Crippen LogP contribution in [0.1, 0.15) is 46.5 Å². The van der Waals surface area contributed by atoms with Gasteiger partial charge in [0, 0.05) is 12.2 Å². The largest absolute Gasteiger partial charge is 0.478 e. The second-order valence-electron chi connectivity index (χ2n) is 4.19. The molecule has 0 radical (unpaired) electrons. The molecule has 1 heterocycles. The Balaban J connectivity index is 2.01. The van der Waals surface area contributed by atoms with Crippen molar-refractivity contribution in [1.82, 2.24) is 10.3 Å². The fourth-order valence-electron chi connectivity index (χ4n) is 1.98. The lowest BCUT2D eigenvalue weighted by Crippen LogP contribution is -2.33. The summed E-state index contributed by atoms with van der Waals surface area (Å²) >= 11 is 0. The van der Waals surface area contributed by atoms with Crippen molar-refractivity contribution in [2.45, 2.75) is 31.7 Å². The first-order valence-electron chi connectivity index (χ1n) is 5.67. The van der Waals surface area contributed by atoms with Gasteiger partial charge in [-0.1, -0.05) is 12.8 Å². The van der Waals surface area contributed by atoms with Gasteiger partial charge in [-0.05, 0) is 25.0 Å². The van der Waals surface area contributed by atoms with E-state index in [1.165, 1.54) is 18.3 Å². The van der Waals surface area contributed by atoms with Gasteiger partial charge in [0.2, 0.25) is 0 Å². The summed E-state index contributed by atoms with van der Waals surface area (Å²) in [4.78, 5) is 26.2. The molecule has 5 nitrogen and oxygen atoms in total. The van der Waals surface area contributed by atoms with E-state index in [2.05, 4.69) is 10.3 Å². The van der Waals surface area contributed by atoms with E-state index in [-0.39, 0.29) is 23.2 Å². The van der Waals surface area contributed by atoms with Crippen LogP contribution in [0.4, 0.5) is 0 Å². The number of amides is 1. The number of nitrogens with zero attached hydrogens (tertiary/aromatic N) is 1. The molecule has 17 heavy (non-hydrogen) atoms. The van der Waals surface area contributed by atoms with Crippen molar-refractivity contribution in [1.29, 1.82) is 0 Å². The zero-order chi connectivity index (χ0) is 12.3. The number of carbonyl (C=O) groups excluding carboxylic acids is 1. The molecular weight excluding hydrogens is 220 g/mol. The van der Waals surface area contributed by atoms with Crippen molar-refractivity contribution >= 4 is 11.9 Å². The smallest absolute Gasteiger partial charge is 0.337 e. The van der Waals surface area contributed by atoms with Crippen molar-refractivity contribution in [3.05, 3.63) is 29.6 Å². The van der Waals surface area contributed by atoms with Crippen molar-refractivity contribution < 1.29 is 14.7 Å². The van der Waals surface area contributed by atoms with Crippen LogP contribution in [0.5, 0.6) is 0 Å². The van der Waals surface area contributed by atoms with Crippen LogP contribution in [0.25, 0.3) is 0 Å². The lowest BCUT2D eigenvalue weighted by molar-refractivity contribution is 0.0695. The molecule has 0 spiro atoms. The molecular formula is C12H14N2O3. The Morgan fingerprint density at radius 1 is 1.29 bits per heavy atom. The highest BCUT2D eigenvalue weighted by Gasteiger charge is 2.18. The average Bonchev–Trinajstić information content (AvgIpc) is 2.82. The monoisotopic (exact) mass is 234 g/mol. The number of carbonyl (C=O) groups is 2. The number of carboxylic acids is 1.